The van der Waals surface area contributed by atoms with Crippen molar-refractivity contribution in [2.24, 2.45) is 0 Å². The van der Waals surface area contributed by atoms with Crippen molar-refractivity contribution in [2.45, 2.75) is 45.3 Å². The summed E-state index contributed by atoms with van der Waals surface area (Å²) in [6.45, 7) is 11.7. The molecule has 0 unspecified atom stereocenters. The maximum Gasteiger partial charge on any atom is 0.410 e. The Morgan fingerprint density at radius 3 is 2.54 bits per heavy atom. The van der Waals surface area contributed by atoms with E-state index in [2.05, 4.69) is 32.1 Å². The van der Waals surface area contributed by atoms with Crippen LogP contribution in [-0.2, 0) is 4.74 Å². The van der Waals surface area contributed by atoms with Crippen LogP contribution >= 0.6 is 11.6 Å². The molecule has 1 aromatic carbocycles. The average molecular weight is 533 g/mol. The van der Waals surface area contributed by atoms with Crippen LogP contribution < -0.4 is 20.1 Å². The minimum absolute atomic E-state index is 0.0111. The zero-order chi connectivity index (χ0) is 26.4. The van der Waals surface area contributed by atoms with Crippen LogP contribution in [0, 0.1) is 0 Å². The molecule has 2 aromatic rings. The Hall–Kier alpha value is -2.98. The number of piperazine rings is 1. The molecule has 0 aliphatic carbocycles. The Morgan fingerprint density at radius 1 is 1.11 bits per heavy atom. The highest BCUT2D eigenvalue weighted by atomic mass is 35.5. The van der Waals surface area contributed by atoms with Crippen LogP contribution in [0.1, 0.15) is 33.6 Å². The molecular weight excluding hydrogens is 496 g/mol. The van der Waals surface area contributed by atoms with Crippen LogP contribution in [0.5, 0.6) is 11.5 Å². The number of aromatic nitrogens is 2. The number of anilines is 2. The lowest BCUT2D eigenvalue weighted by Crippen LogP contribution is -2.50. The van der Waals surface area contributed by atoms with Crippen LogP contribution in [0.25, 0.3) is 0 Å². The lowest BCUT2D eigenvalue weighted by atomic mass is 10.1. The number of nitrogen functional groups attached to an aromatic ring is 1. The van der Waals surface area contributed by atoms with Gasteiger partial charge in [0.15, 0.2) is 16.7 Å². The molecule has 1 atom stereocenters. The second kappa shape index (κ2) is 12.0. The van der Waals surface area contributed by atoms with Gasteiger partial charge in [0.1, 0.15) is 24.1 Å². The highest BCUT2D eigenvalue weighted by molar-refractivity contribution is 6.29. The van der Waals surface area contributed by atoms with Crippen LogP contribution in [-0.4, -0.2) is 90.2 Å². The number of rotatable bonds is 7. The summed E-state index contributed by atoms with van der Waals surface area (Å²) >= 11 is 5.94. The predicted molar refractivity (Wildman–Crippen MR) is 144 cm³/mol. The number of benzene rings is 1. The molecule has 2 fully saturated rings. The summed E-state index contributed by atoms with van der Waals surface area (Å²) in [6.07, 6.45) is 1.69. The van der Waals surface area contributed by atoms with Crippen molar-refractivity contribution in [1.82, 2.24) is 20.0 Å². The van der Waals surface area contributed by atoms with Crippen molar-refractivity contribution >= 4 is 29.2 Å². The second-order valence-electron chi connectivity index (χ2n) is 10.4. The van der Waals surface area contributed by atoms with E-state index in [1.54, 1.807) is 11.0 Å². The van der Waals surface area contributed by atoms with Gasteiger partial charge in [-0.15, -0.1) is 10.2 Å². The number of carbonyl (C=O) groups excluding carboxylic acids is 1. The van der Waals surface area contributed by atoms with Gasteiger partial charge >= 0.3 is 6.09 Å². The van der Waals surface area contributed by atoms with Crippen molar-refractivity contribution < 1.29 is 19.0 Å². The molecule has 2 aliphatic heterocycles. The Kier molecular flexibility index (Phi) is 8.81. The largest absolute Gasteiger partial charge is 0.492 e. The average Bonchev–Trinajstić information content (AvgIpc) is 2.86. The number of carbonyl (C=O) groups is 1. The Labute approximate surface area is 223 Å². The lowest BCUT2D eigenvalue weighted by molar-refractivity contribution is 0.0137. The van der Waals surface area contributed by atoms with Crippen LogP contribution in [0.4, 0.5) is 16.3 Å². The van der Waals surface area contributed by atoms with Gasteiger partial charge in [-0.05, 0) is 57.9 Å². The van der Waals surface area contributed by atoms with E-state index < -0.39 is 5.60 Å². The van der Waals surface area contributed by atoms with Gasteiger partial charge in [0.05, 0.1) is 6.54 Å². The van der Waals surface area contributed by atoms with Gasteiger partial charge in [-0.1, -0.05) is 11.6 Å². The quantitative estimate of drug-likeness (QED) is 0.571. The zero-order valence-corrected chi connectivity index (χ0v) is 22.6. The maximum absolute atomic E-state index is 12.2. The fraction of sp³-hybridized carbons (Fsp3) is 0.577. The predicted octanol–water partition coefficient (Wildman–Crippen LogP) is 3.69. The van der Waals surface area contributed by atoms with E-state index in [1.807, 2.05) is 32.9 Å². The third kappa shape index (κ3) is 8.00. The summed E-state index contributed by atoms with van der Waals surface area (Å²) in [5.74, 6) is 1.56. The van der Waals surface area contributed by atoms with Crippen LogP contribution in [0.2, 0.25) is 5.15 Å². The van der Waals surface area contributed by atoms with Crippen molar-refractivity contribution in [3.8, 4) is 11.5 Å². The number of hydrogen-bond donors (Lipinski definition) is 1. The summed E-state index contributed by atoms with van der Waals surface area (Å²) in [7, 11) is 0. The molecule has 0 bridgehead atoms. The Balaban J connectivity index is 1.19. The number of ether oxygens (including phenoxy) is 3. The summed E-state index contributed by atoms with van der Waals surface area (Å²) in [4.78, 5) is 18.6. The van der Waals surface area contributed by atoms with Gasteiger partial charge < -0.3 is 29.7 Å². The molecular formula is C26H37ClN6O4. The summed E-state index contributed by atoms with van der Waals surface area (Å²) in [5, 5.41) is 7.82. The topological polar surface area (TPSA) is 106 Å². The van der Waals surface area contributed by atoms with E-state index in [-0.39, 0.29) is 23.2 Å². The highest BCUT2D eigenvalue weighted by Crippen LogP contribution is 2.27. The molecule has 0 saturated carbocycles. The Bertz CT molecular complexity index is 1040. The van der Waals surface area contributed by atoms with Gasteiger partial charge in [-0.25, -0.2) is 4.79 Å². The molecule has 10 nitrogen and oxygen atoms in total. The molecule has 11 heteroatoms. The van der Waals surface area contributed by atoms with Gasteiger partial charge in [-0.3, -0.25) is 4.90 Å². The first kappa shape index (κ1) is 27.1. The fourth-order valence-corrected chi connectivity index (χ4v) is 4.57. The van der Waals surface area contributed by atoms with E-state index in [9.17, 15) is 4.79 Å². The van der Waals surface area contributed by atoms with Crippen molar-refractivity contribution in [2.75, 3.05) is 63.1 Å². The Morgan fingerprint density at radius 2 is 1.84 bits per heavy atom. The second-order valence-corrected chi connectivity index (χ2v) is 10.8. The van der Waals surface area contributed by atoms with Crippen molar-refractivity contribution in [1.29, 1.82) is 0 Å². The molecule has 1 aromatic heterocycles. The standard InChI is InChI=1S/C26H37ClN6O4/c1-26(2,3)37-25(34)32-13-11-31(12-14-32)15-16-35-20-8-6-19(7-9-20)33-10-4-5-21(18-33)36-22-17-23(27)29-30-24(22)28/h6-9,17,21H,4-5,10-16,18H2,1-3H3,(H2,28,30)/t21-/m1/s1. The monoisotopic (exact) mass is 532 g/mol. The molecule has 0 spiro atoms. The number of nitrogens with two attached hydrogens (primary N) is 1. The van der Waals surface area contributed by atoms with E-state index in [0.29, 0.717) is 25.4 Å². The maximum atomic E-state index is 12.2. The third-order valence-corrected chi connectivity index (χ3v) is 6.51. The summed E-state index contributed by atoms with van der Waals surface area (Å²) in [5.41, 5.74) is 6.54. The first-order valence-electron chi connectivity index (χ1n) is 12.8. The van der Waals surface area contributed by atoms with E-state index in [0.717, 1.165) is 57.0 Å². The first-order chi connectivity index (χ1) is 17.7. The van der Waals surface area contributed by atoms with Crippen molar-refractivity contribution in [3.63, 3.8) is 0 Å². The van der Waals surface area contributed by atoms with E-state index >= 15 is 0 Å². The van der Waals surface area contributed by atoms with Crippen molar-refractivity contribution in [3.05, 3.63) is 35.5 Å². The first-order valence-corrected chi connectivity index (χ1v) is 13.2. The van der Waals surface area contributed by atoms with E-state index in [1.165, 1.54) is 0 Å². The number of hydrogen-bond acceptors (Lipinski definition) is 9. The normalized spacial score (nSPS) is 19.0. The zero-order valence-electron chi connectivity index (χ0n) is 21.9. The highest BCUT2D eigenvalue weighted by Gasteiger charge is 2.26. The van der Waals surface area contributed by atoms with E-state index in [4.69, 9.17) is 31.5 Å². The van der Waals surface area contributed by atoms with Gasteiger partial charge in [0.2, 0.25) is 0 Å². The molecule has 4 rings (SSSR count). The number of piperidine rings is 1. The number of halogens is 1. The van der Waals surface area contributed by atoms with Gasteiger partial charge in [0, 0.05) is 51.0 Å². The molecule has 37 heavy (non-hydrogen) atoms. The smallest absolute Gasteiger partial charge is 0.410 e. The molecule has 3 heterocycles. The van der Waals surface area contributed by atoms with Gasteiger partial charge in [0.25, 0.3) is 0 Å². The molecule has 2 aliphatic rings. The minimum atomic E-state index is -0.470. The van der Waals surface area contributed by atoms with Gasteiger partial charge in [-0.2, -0.15) is 0 Å². The molecule has 2 N–H and O–H groups in total. The fourth-order valence-electron chi connectivity index (χ4n) is 4.43. The molecule has 2 saturated heterocycles. The summed E-state index contributed by atoms with van der Waals surface area (Å²) < 4.78 is 17.5. The summed E-state index contributed by atoms with van der Waals surface area (Å²) in [6, 6.07) is 9.78. The number of amides is 1. The molecule has 0 radical (unpaired) electrons. The van der Waals surface area contributed by atoms with Crippen LogP contribution in [0.3, 0.4) is 0 Å². The lowest BCUT2D eigenvalue weighted by Gasteiger charge is -2.35. The third-order valence-electron chi connectivity index (χ3n) is 6.33. The SMILES string of the molecule is CC(C)(C)OC(=O)N1CCN(CCOc2ccc(N3CCC[C@@H](Oc4cc(Cl)nnc4N)C3)cc2)CC1. The van der Waals surface area contributed by atoms with Crippen LogP contribution in [0.15, 0.2) is 30.3 Å². The molecule has 1 amide bonds. The number of nitrogens with zero attached hydrogens (tertiary/aromatic N) is 5. The molecule has 202 valence electrons. The minimum Gasteiger partial charge on any atom is -0.492 e.